The Hall–Kier alpha value is -1.09. The molecular weight excluding hydrogens is 215 g/mol. The quantitative estimate of drug-likeness (QED) is 0.874. The van der Waals surface area contributed by atoms with Gasteiger partial charge in [0.1, 0.15) is 5.82 Å². The Morgan fingerprint density at radius 2 is 2.00 bits per heavy atom. The van der Waals surface area contributed by atoms with Crippen LogP contribution in [0.2, 0.25) is 0 Å². The summed E-state index contributed by atoms with van der Waals surface area (Å²) in [5, 5.41) is 0. The molecule has 1 aliphatic rings. The molecular formula is C14H21FN2. The van der Waals surface area contributed by atoms with Crippen LogP contribution in [-0.2, 0) is 0 Å². The highest BCUT2D eigenvalue weighted by atomic mass is 19.1. The van der Waals surface area contributed by atoms with Gasteiger partial charge in [-0.05, 0) is 49.4 Å². The van der Waals surface area contributed by atoms with E-state index in [-0.39, 0.29) is 11.7 Å². The molecule has 1 saturated heterocycles. The summed E-state index contributed by atoms with van der Waals surface area (Å²) in [6.45, 7) is 4.53. The van der Waals surface area contributed by atoms with Crippen molar-refractivity contribution in [1.29, 1.82) is 0 Å². The van der Waals surface area contributed by atoms with E-state index in [1.54, 1.807) is 6.07 Å². The van der Waals surface area contributed by atoms with E-state index in [1.165, 1.54) is 19.3 Å². The first kappa shape index (κ1) is 12.4. The van der Waals surface area contributed by atoms with Crippen molar-refractivity contribution in [3.05, 3.63) is 29.6 Å². The van der Waals surface area contributed by atoms with Crippen molar-refractivity contribution in [2.24, 2.45) is 5.73 Å². The maximum absolute atomic E-state index is 14.0. The van der Waals surface area contributed by atoms with Gasteiger partial charge in [-0.1, -0.05) is 13.0 Å². The third kappa shape index (κ3) is 2.78. The van der Waals surface area contributed by atoms with E-state index in [0.717, 1.165) is 24.3 Å². The Morgan fingerprint density at radius 3 is 2.59 bits per heavy atom. The van der Waals surface area contributed by atoms with Crippen LogP contribution in [0.5, 0.6) is 0 Å². The molecule has 1 aromatic rings. The minimum atomic E-state index is -0.107. The molecule has 3 heteroatoms. The van der Waals surface area contributed by atoms with Crippen LogP contribution in [0.15, 0.2) is 18.2 Å². The molecule has 0 bridgehead atoms. The molecule has 0 saturated carbocycles. The average molecular weight is 236 g/mol. The molecule has 0 radical (unpaired) electrons. The first-order valence-corrected chi connectivity index (χ1v) is 6.47. The summed E-state index contributed by atoms with van der Waals surface area (Å²) < 4.78 is 14.0. The van der Waals surface area contributed by atoms with Crippen LogP contribution < -0.4 is 10.6 Å². The van der Waals surface area contributed by atoms with E-state index in [2.05, 4.69) is 4.90 Å². The summed E-state index contributed by atoms with van der Waals surface area (Å²) in [5.74, 6) is 0.115. The van der Waals surface area contributed by atoms with Gasteiger partial charge >= 0.3 is 0 Å². The van der Waals surface area contributed by atoms with Gasteiger partial charge in [0.25, 0.3) is 0 Å². The van der Waals surface area contributed by atoms with E-state index in [9.17, 15) is 4.39 Å². The fourth-order valence-corrected chi connectivity index (χ4v) is 2.36. The van der Waals surface area contributed by atoms with Gasteiger partial charge in [0.05, 0.1) is 5.69 Å². The SMILES string of the molecule is CC(CN)c1ccc(N2CCCCC2)c(F)c1. The third-order valence-corrected chi connectivity index (χ3v) is 3.59. The van der Waals surface area contributed by atoms with Gasteiger partial charge in [-0.3, -0.25) is 0 Å². The van der Waals surface area contributed by atoms with Crippen LogP contribution in [0.3, 0.4) is 0 Å². The standard InChI is InChI=1S/C14H21FN2/c1-11(10-16)12-5-6-14(13(15)9-12)17-7-3-2-4-8-17/h5-6,9,11H,2-4,7-8,10,16H2,1H3. The van der Waals surface area contributed by atoms with Crippen molar-refractivity contribution in [3.63, 3.8) is 0 Å². The third-order valence-electron chi connectivity index (χ3n) is 3.59. The molecule has 17 heavy (non-hydrogen) atoms. The maximum Gasteiger partial charge on any atom is 0.146 e. The van der Waals surface area contributed by atoms with Crippen molar-refractivity contribution in [2.75, 3.05) is 24.5 Å². The Bertz CT molecular complexity index is 372. The normalized spacial score (nSPS) is 18.2. The van der Waals surface area contributed by atoms with Crippen LogP contribution in [0.1, 0.15) is 37.7 Å². The highest BCUT2D eigenvalue weighted by Crippen LogP contribution is 2.26. The van der Waals surface area contributed by atoms with Gasteiger partial charge in [-0.25, -0.2) is 4.39 Å². The molecule has 2 N–H and O–H groups in total. The van der Waals surface area contributed by atoms with Crippen molar-refractivity contribution in [1.82, 2.24) is 0 Å². The lowest BCUT2D eigenvalue weighted by Crippen LogP contribution is -2.30. The number of hydrogen-bond acceptors (Lipinski definition) is 2. The van der Waals surface area contributed by atoms with Gasteiger partial charge in [-0.15, -0.1) is 0 Å². The molecule has 1 fully saturated rings. The lowest BCUT2D eigenvalue weighted by Gasteiger charge is -2.29. The number of anilines is 1. The fraction of sp³-hybridized carbons (Fsp3) is 0.571. The van der Waals surface area contributed by atoms with E-state index < -0.39 is 0 Å². The zero-order chi connectivity index (χ0) is 12.3. The van der Waals surface area contributed by atoms with E-state index in [0.29, 0.717) is 6.54 Å². The predicted octanol–water partition coefficient (Wildman–Crippen LogP) is 2.88. The Morgan fingerprint density at radius 1 is 1.29 bits per heavy atom. The number of nitrogens with two attached hydrogens (primary N) is 1. The first-order valence-electron chi connectivity index (χ1n) is 6.47. The zero-order valence-electron chi connectivity index (χ0n) is 10.5. The predicted molar refractivity (Wildman–Crippen MR) is 69.9 cm³/mol. The number of halogens is 1. The molecule has 1 aromatic carbocycles. The highest BCUT2D eigenvalue weighted by Gasteiger charge is 2.15. The largest absolute Gasteiger partial charge is 0.369 e. The zero-order valence-corrected chi connectivity index (χ0v) is 10.5. The Balaban J connectivity index is 2.18. The summed E-state index contributed by atoms with van der Waals surface area (Å²) >= 11 is 0. The molecule has 1 atom stereocenters. The van der Waals surface area contributed by atoms with Gasteiger partial charge in [0, 0.05) is 13.1 Å². The van der Waals surface area contributed by atoms with Crippen LogP contribution in [0, 0.1) is 5.82 Å². The van der Waals surface area contributed by atoms with Crippen LogP contribution in [0.25, 0.3) is 0 Å². The van der Waals surface area contributed by atoms with Gasteiger partial charge in [0.2, 0.25) is 0 Å². The van der Waals surface area contributed by atoms with Crippen LogP contribution in [0.4, 0.5) is 10.1 Å². The molecule has 0 aliphatic carbocycles. The molecule has 0 amide bonds. The second-order valence-corrected chi connectivity index (χ2v) is 4.90. The highest BCUT2D eigenvalue weighted by molar-refractivity contribution is 5.50. The summed E-state index contributed by atoms with van der Waals surface area (Å²) in [5.41, 5.74) is 7.34. The molecule has 0 aromatic heterocycles. The first-order chi connectivity index (χ1) is 8.22. The number of nitrogens with zero attached hydrogens (tertiary/aromatic N) is 1. The fourth-order valence-electron chi connectivity index (χ4n) is 2.36. The van der Waals surface area contributed by atoms with Crippen molar-refractivity contribution >= 4 is 5.69 Å². The molecule has 1 aliphatic heterocycles. The molecule has 0 spiro atoms. The minimum absolute atomic E-state index is 0.107. The minimum Gasteiger partial charge on any atom is -0.369 e. The summed E-state index contributed by atoms with van der Waals surface area (Å²) in [4.78, 5) is 2.15. The maximum atomic E-state index is 14.0. The van der Waals surface area contributed by atoms with E-state index >= 15 is 0 Å². The summed E-state index contributed by atoms with van der Waals surface area (Å²) in [6.07, 6.45) is 3.60. The monoisotopic (exact) mass is 236 g/mol. The van der Waals surface area contributed by atoms with Crippen molar-refractivity contribution < 1.29 is 4.39 Å². The van der Waals surface area contributed by atoms with E-state index in [1.807, 2.05) is 19.1 Å². The smallest absolute Gasteiger partial charge is 0.146 e. The van der Waals surface area contributed by atoms with E-state index in [4.69, 9.17) is 5.73 Å². The average Bonchev–Trinajstić information content (AvgIpc) is 2.38. The van der Waals surface area contributed by atoms with Crippen molar-refractivity contribution in [3.8, 4) is 0 Å². The van der Waals surface area contributed by atoms with Gasteiger partial charge < -0.3 is 10.6 Å². The van der Waals surface area contributed by atoms with Crippen molar-refractivity contribution in [2.45, 2.75) is 32.1 Å². The van der Waals surface area contributed by atoms with Gasteiger partial charge in [-0.2, -0.15) is 0 Å². The lowest BCUT2D eigenvalue weighted by molar-refractivity contribution is 0.555. The lowest BCUT2D eigenvalue weighted by atomic mass is 10.0. The summed E-state index contributed by atoms with van der Waals surface area (Å²) in [7, 11) is 0. The molecule has 94 valence electrons. The number of piperidine rings is 1. The second-order valence-electron chi connectivity index (χ2n) is 4.90. The van der Waals surface area contributed by atoms with Gasteiger partial charge in [0.15, 0.2) is 0 Å². The number of rotatable bonds is 3. The number of benzene rings is 1. The molecule has 1 heterocycles. The van der Waals surface area contributed by atoms with Crippen LogP contribution in [-0.4, -0.2) is 19.6 Å². The molecule has 2 rings (SSSR count). The second kappa shape index (κ2) is 5.50. The number of hydrogen-bond donors (Lipinski definition) is 1. The topological polar surface area (TPSA) is 29.3 Å². The Kier molecular flexibility index (Phi) is 4.00. The Labute approximate surface area is 103 Å². The molecule has 1 unspecified atom stereocenters. The molecule has 2 nitrogen and oxygen atoms in total. The summed E-state index contributed by atoms with van der Waals surface area (Å²) in [6, 6.07) is 5.55. The van der Waals surface area contributed by atoms with Crippen LogP contribution >= 0.6 is 0 Å².